The second-order valence-electron chi connectivity index (χ2n) is 3.55. The molecular formula is C11H9N3OS. The molecule has 0 fully saturated rings. The van der Waals surface area contributed by atoms with E-state index in [1.807, 2.05) is 25.1 Å². The van der Waals surface area contributed by atoms with Gasteiger partial charge in [0.2, 0.25) is 5.88 Å². The summed E-state index contributed by atoms with van der Waals surface area (Å²) in [6.45, 7) is 1.99. The number of hydrogen-bond acceptors (Lipinski definition) is 5. The van der Waals surface area contributed by atoms with Gasteiger partial charge in [0, 0.05) is 5.39 Å². The number of benzene rings is 1. The van der Waals surface area contributed by atoms with Crippen LogP contribution in [0.5, 0.6) is 0 Å². The summed E-state index contributed by atoms with van der Waals surface area (Å²) >= 11 is 1.49. The Bertz CT molecular complexity index is 656. The lowest BCUT2D eigenvalue weighted by molar-refractivity contribution is 0.436. The second-order valence-corrected chi connectivity index (χ2v) is 4.36. The normalized spacial score (nSPS) is 11.1. The minimum Gasteiger partial charge on any atom is -0.367 e. The highest BCUT2D eigenvalue weighted by atomic mass is 32.1. The van der Waals surface area contributed by atoms with E-state index in [4.69, 9.17) is 10.3 Å². The van der Waals surface area contributed by atoms with Crippen molar-refractivity contribution in [3.63, 3.8) is 0 Å². The Morgan fingerprint density at radius 2 is 2.19 bits per heavy atom. The van der Waals surface area contributed by atoms with Crippen LogP contribution in [0.25, 0.3) is 21.2 Å². The molecule has 80 valence electrons. The molecule has 0 amide bonds. The summed E-state index contributed by atoms with van der Waals surface area (Å²) < 4.78 is 10.4. The molecule has 0 saturated heterocycles. The van der Waals surface area contributed by atoms with E-state index in [2.05, 4.69) is 9.53 Å². The summed E-state index contributed by atoms with van der Waals surface area (Å²) in [6, 6.07) is 6.04. The van der Waals surface area contributed by atoms with Gasteiger partial charge < -0.3 is 10.3 Å². The zero-order chi connectivity index (χ0) is 11.1. The first-order valence-corrected chi connectivity index (χ1v) is 5.60. The third-order valence-electron chi connectivity index (χ3n) is 2.56. The molecule has 0 aliphatic carbocycles. The van der Waals surface area contributed by atoms with Crippen molar-refractivity contribution in [1.82, 2.24) is 9.53 Å². The lowest BCUT2D eigenvalue weighted by atomic mass is 10.0. The molecule has 0 aliphatic heterocycles. The van der Waals surface area contributed by atoms with Crippen molar-refractivity contribution in [3.8, 4) is 11.1 Å². The maximum atomic E-state index is 5.74. The third kappa shape index (κ3) is 1.22. The number of nitrogens with two attached hydrogens (primary N) is 1. The Kier molecular flexibility index (Phi) is 1.94. The Morgan fingerprint density at radius 1 is 1.31 bits per heavy atom. The quantitative estimate of drug-likeness (QED) is 0.699. The molecule has 2 aromatic heterocycles. The van der Waals surface area contributed by atoms with Gasteiger partial charge in [-0.05, 0) is 30.1 Å². The summed E-state index contributed by atoms with van der Waals surface area (Å²) in [7, 11) is 0. The van der Waals surface area contributed by atoms with Gasteiger partial charge in [0.15, 0.2) is 0 Å². The van der Waals surface area contributed by atoms with Crippen LogP contribution in [0, 0.1) is 6.92 Å². The number of aryl methyl sites for hydroxylation is 1. The molecule has 0 saturated carbocycles. The highest BCUT2D eigenvalue weighted by Gasteiger charge is 2.13. The van der Waals surface area contributed by atoms with Crippen molar-refractivity contribution >= 4 is 27.5 Å². The van der Waals surface area contributed by atoms with E-state index in [1.54, 1.807) is 6.20 Å². The van der Waals surface area contributed by atoms with Crippen molar-refractivity contribution in [2.24, 2.45) is 0 Å². The van der Waals surface area contributed by atoms with Gasteiger partial charge in [-0.25, -0.2) is 0 Å². The Labute approximate surface area is 95.8 Å². The molecule has 5 heteroatoms. The molecule has 3 aromatic rings. The topological polar surface area (TPSA) is 64.9 Å². The van der Waals surface area contributed by atoms with Crippen molar-refractivity contribution in [2.75, 3.05) is 5.73 Å². The fraction of sp³-hybridized carbons (Fsp3) is 0.0909. The van der Waals surface area contributed by atoms with Gasteiger partial charge in [0.25, 0.3) is 0 Å². The molecule has 16 heavy (non-hydrogen) atoms. The first kappa shape index (κ1) is 9.35. The van der Waals surface area contributed by atoms with E-state index < -0.39 is 0 Å². The highest BCUT2D eigenvalue weighted by Crippen LogP contribution is 2.35. The maximum absolute atomic E-state index is 5.74. The van der Waals surface area contributed by atoms with Crippen LogP contribution in [-0.2, 0) is 0 Å². The van der Waals surface area contributed by atoms with Crippen LogP contribution in [-0.4, -0.2) is 9.53 Å². The lowest BCUT2D eigenvalue weighted by Crippen LogP contribution is -1.85. The molecular weight excluding hydrogens is 222 g/mol. The van der Waals surface area contributed by atoms with Crippen LogP contribution >= 0.6 is 11.5 Å². The molecule has 0 radical (unpaired) electrons. The summed E-state index contributed by atoms with van der Waals surface area (Å²) in [4.78, 5) is 0. The van der Waals surface area contributed by atoms with E-state index in [-0.39, 0.29) is 0 Å². The molecule has 0 spiro atoms. The largest absolute Gasteiger partial charge is 0.367 e. The number of aromatic nitrogens is 2. The van der Waals surface area contributed by atoms with Crippen LogP contribution in [0.3, 0.4) is 0 Å². The van der Waals surface area contributed by atoms with Crippen molar-refractivity contribution in [2.45, 2.75) is 6.92 Å². The van der Waals surface area contributed by atoms with Gasteiger partial charge >= 0.3 is 0 Å². The molecule has 0 atom stereocenters. The number of anilines is 1. The van der Waals surface area contributed by atoms with Crippen molar-refractivity contribution in [1.29, 1.82) is 0 Å². The SMILES string of the molecule is Cc1nsc2cccc(-c3cnoc3N)c12. The van der Waals surface area contributed by atoms with Gasteiger partial charge in [0.1, 0.15) is 0 Å². The van der Waals surface area contributed by atoms with Crippen LogP contribution in [0.1, 0.15) is 5.69 Å². The van der Waals surface area contributed by atoms with Gasteiger partial charge in [-0.2, -0.15) is 4.37 Å². The minimum atomic E-state index is 0.345. The predicted molar refractivity (Wildman–Crippen MR) is 64.3 cm³/mol. The van der Waals surface area contributed by atoms with E-state index in [0.717, 1.165) is 26.9 Å². The number of rotatable bonds is 1. The Balaban J connectivity index is 2.39. The van der Waals surface area contributed by atoms with Crippen molar-refractivity contribution < 1.29 is 4.52 Å². The van der Waals surface area contributed by atoms with E-state index in [9.17, 15) is 0 Å². The smallest absolute Gasteiger partial charge is 0.229 e. The number of nitrogen functional groups attached to an aromatic ring is 1. The fourth-order valence-corrected chi connectivity index (χ4v) is 2.63. The highest BCUT2D eigenvalue weighted by molar-refractivity contribution is 7.13. The van der Waals surface area contributed by atoms with Crippen LogP contribution in [0.2, 0.25) is 0 Å². The van der Waals surface area contributed by atoms with Crippen LogP contribution in [0.15, 0.2) is 28.9 Å². The molecule has 4 nitrogen and oxygen atoms in total. The van der Waals surface area contributed by atoms with Crippen molar-refractivity contribution in [3.05, 3.63) is 30.1 Å². The first-order chi connectivity index (χ1) is 7.77. The molecule has 0 aliphatic rings. The Hall–Kier alpha value is -1.88. The number of hydrogen-bond donors (Lipinski definition) is 1. The van der Waals surface area contributed by atoms with E-state index >= 15 is 0 Å². The summed E-state index contributed by atoms with van der Waals surface area (Å²) in [6.07, 6.45) is 1.64. The van der Waals surface area contributed by atoms with Gasteiger partial charge in [-0.1, -0.05) is 17.3 Å². The Morgan fingerprint density at radius 3 is 2.94 bits per heavy atom. The summed E-state index contributed by atoms with van der Waals surface area (Å²) in [5.74, 6) is 0.345. The van der Waals surface area contributed by atoms with Gasteiger partial charge in [0.05, 0.1) is 22.2 Å². The average Bonchev–Trinajstić information content (AvgIpc) is 2.86. The minimum absolute atomic E-state index is 0.345. The predicted octanol–water partition coefficient (Wildman–Crippen LogP) is 2.84. The molecule has 0 bridgehead atoms. The number of nitrogens with zero attached hydrogens (tertiary/aromatic N) is 2. The molecule has 3 rings (SSSR count). The third-order valence-corrected chi connectivity index (χ3v) is 3.46. The second kappa shape index (κ2) is 3.31. The van der Waals surface area contributed by atoms with E-state index in [1.165, 1.54) is 11.5 Å². The molecule has 1 aromatic carbocycles. The lowest BCUT2D eigenvalue weighted by Gasteiger charge is -2.00. The summed E-state index contributed by atoms with van der Waals surface area (Å²) in [5.41, 5.74) is 8.60. The van der Waals surface area contributed by atoms with E-state index in [0.29, 0.717) is 5.88 Å². The zero-order valence-corrected chi connectivity index (χ0v) is 9.41. The average molecular weight is 231 g/mol. The zero-order valence-electron chi connectivity index (χ0n) is 8.60. The van der Waals surface area contributed by atoms with Gasteiger partial charge in [-0.15, -0.1) is 0 Å². The fourth-order valence-electron chi connectivity index (χ4n) is 1.82. The van der Waals surface area contributed by atoms with Crippen LogP contribution < -0.4 is 5.73 Å². The first-order valence-electron chi connectivity index (χ1n) is 4.83. The monoisotopic (exact) mass is 231 g/mol. The molecule has 2 heterocycles. The standard InChI is InChI=1S/C11H9N3OS/c1-6-10-7(8-5-13-15-11(8)12)3-2-4-9(10)16-14-6/h2-5H,12H2,1H3. The number of fused-ring (bicyclic) bond motifs is 1. The van der Waals surface area contributed by atoms with Gasteiger partial charge in [-0.3, -0.25) is 0 Å². The molecule has 2 N–H and O–H groups in total. The maximum Gasteiger partial charge on any atom is 0.229 e. The summed E-state index contributed by atoms with van der Waals surface area (Å²) in [5, 5.41) is 4.83. The molecule has 0 unspecified atom stereocenters. The van der Waals surface area contributed by atoms with Crippen LogP contribution in [0.4, 0.5) is 5.88 Å².